The molecule has 2 heterocycles. The number of aromatic hydroxyl groups is 1. The van der Waals surface area contributed by atoms with Crippen LogP contribution in [0.3, 0.4) is 0 Å². The van der Waals surface area contributed by atoms with Crippen molar-refractivity contribution < 1.29 is 39.1 Å². The van der Waals surface area contributed by atoms with E-state index >= 15 is 0 Å². The second-order valence-electron chi connectivity index (χ2n) is 12.0. The number of benzene rings is 1. The van der Waals surface area contributed by atoms with Crippen molar-refractivity contribution in [2.45, 2.75) is 97.2 Å². The monoisotopic (exact) mass is 488 g/mol. The van der Waals surface area contributed by atoms with Crippen LogP contribution in [0.15, 0.2) is 6.07 Å². The van der Waals surface area contributed by atoms with E-state index in [1.807, 2.05) is 6.92 Å². The van der Waals surface area contributed by atoms with Gasteiger partial charge in [0.15, 0.2) is 6.10 Å². The van der Waals surface area contributed by atoms with Crippen molar-refractivity contribution in [3.8, 4) is 11.5 Å². The molecule has 0 amide bonds. The van der Waals surface area contributed by atoms with Gasteiger partial charge in [0.1, 0.15) is 28.8 Å². The Bertz CT molecular complexity index is 1100. The zero-order valence-corrected chi connectivity index (χ0v) is 21.3. The number of carbonyl (C=O) groups excluding carboxylic acids is 2. The highest BCUT2D eigenvalue weighted by Crippen LogP contribution is 2.65. The fraction of sp³-hybridized carbons (Fsp3) is 0.704. The summed E-state index contributed by atoms with van der Waals surface area (Å²) in [6.45, 7) is 11.2. The molecule has 0 bridgehead atoms. The van der Waals surface area contributed by atoms with Gasteiger partial charge in [-0.2, -0.15) is 0 Å². The predicted molar refractivity (Wildman–Crippen MR) is 125 cm³/mol. The van der Waals surface area contributed by atoms with E-state index in [0.29, 0.717) is 36.1 Å². The maximum Gasteiger partial charge on any atom is 0.342 e. The van der Waals surface area contributed by atoms with Crippen LogP contribution in [0.5, 0.6) is 11.5 Å². The summed E-state index contributed by atoms with van der Waals surface area (Å²) < 4.78 is 17.5. The minimum Gasteiger partial charge on any atom is -0.507 e. The van der Waals surface area contributed by atoms with Crippen molar-refractivity contribution in [1.82, 2.24) is 0 Å². The minimum absolute atomic E-state index is 0.00207. The van der Waals surface area contributed by atoms with Gasteiger partial charge in [-0.1, -0.05) is 20.8 Å². The summed E-state index contributed by atoms with van der Waals surface area (Å²) in [4.78, 5) is 24.8. The van der Waals surface area contributed by atoms with E-state index in [-0.39, 0.29) is 34.0 Å². The van der Waals surface area contributed by atoms with Crippen LogP contribution in [-0.4, -0.2) is 51.2 Å². The molecule has 3 N–H and O–H groups in total. The molecule has 0 radical (unpaired) electrons. The number of hydrogen-bond acceptors (Lipinski definition) is 8. The van der Waals surface area contributed by atoms with Crippen LogP contribution in [0.1, 0.15) is 88.4 Å². The van der Waals surface area contributed by atoms with Gasteiger partial charge in [0, 0.05) is 30.0 Å². The van der Waals surface area contributed by atoms with Crippen molar-refractivity contribution in [2.24, 2.45) is 22.7 Å². The molecular formula is C27H36O8. The van der Waals surface area contributed by atoms with E-state index in [1.165, 1.54) is 13.0 Å². The molecule has 2 fully saturated rings. The molecule has 8 heteroatoms. The van der Waals surface area contributed by atoms with E-state index < -0.39 is 42.0 Å². The van der Waals surface area contributed by atoms with E-state index in [9.17, 15) is 24.9 Å². The summed E-state index contributed by atoms with van der Waals surface area (Å²) in [7, 11) is 0. The molecular weight excluding hydrogens is 452 g/mol. The SMILES string of the molecule is CC(=O)OC1c2c3c(cc(O)c2C(=O)OC1C)OC1(C)C(O)CC2C(C)(C)C(O)CCC2(C)C1C3. The summed E-state index contributed by atoms with van der Waals surface area (Å²) in [6, 6.07) is 1.41. The van der Waals surface area contributed by atoms with Crippen LogP contribution in [0, 0.1) is 22.7 Å². The Kier molecular flexibility index (Phi) is 5.29. The number of phenolic OH excluding ortho intramolecular Hbond substituents is 1. The predicted octanol–water partition coefficient (Wildman–Crippen LogP) is 3.43. The number of carbonyl (C=O) groups is 2. The molecule has 0 aromatic heterocycles. The van der Waals surface area contributed by atoms with Gasteiger partial charge in [0.25, 0.3) is 0 Å². The number of hydrogen-bond donors (Lipinski definition) is 3. The minimum atomic E-state index is -0.922. The first-order valence-electron chi connectivity index (χ1n) is 12.5. The lowest BCUT2D eigenvalue weighted by molar-refractivity contribution is -0.231. The topological polar surface area (TPSA) is 123 Å². The molecule has 8 unspecified atom stereocenters. The number of fused-ring (bicyclic) bond motifs is 6. The van der Waals surface area contributed by atoms with Gasteiger partial charge in [-0.15, -0.1) is 0 Å². The molecule has 1 aromatic carbocycles. The standard InChI is InChI=1S/C27H36O8/c1-12-23(34-13(2)28)21-14-9-18-26(5)8-7-19(30)25(3,4)17(26)11-20(31)27(18,6)35-16(14)10-15(29)22(21)24(32)33-12/h10,12,17-20,23,29-31H,7-9,11H2,1-6H3. The summed E-state index contributed by atoms with van der Waals surface area (Å²) in [5.41, 5.74) is -0.434. The summed E-state index contributed by atoms with van der Waals surface area (Å²) >= 11 is 0. The maximum atomic E-state index is 12.8. The van der Waals surface area contributed by atoms with Crippen LogP contribution >= 0.6 is 0 Å². The Hall–Kier alpha value is -2.32. The van der Waals surface area contributed by atoms with E-state index in [1.54, 1.807) is 6.92 Å². The first-order valence-corrected chi connectivity index (χ1v) is 12.5. The Balaban J connectivity index is 1.69. The number of phenols is 1. The number of aliphatic hydroxyl groups is 2. The second-order valence-corrected chi connectivity index (χ2v) is 12.0. The zero-order valence-electron chi connectivity index (χ0n) is 21.3. The lowest BCUT2D eigenvalue weighted by Crippen LogP contribution is -2.68. The van der Waals surface area contributed by atoms with Crippen molar-refractivity contribution in [1.29, 1.82) is 0 Å². The summed E-state index contributed by atoms with van der Waals surface area (Å²) in [6.07, 6.45) is -0.445. The van der Waals surface area contributed by atoms with Crippen molar-refractivity contribution in [3.63, 3.8) is 0 Å². The third-order valence-electron chi connectivity index (χ3n) is 9.77. The highest BCUT2D eigenvalue weighted by atomic mass is 16.6. The smallest absolute Gasteiger partial charge is 0.342 e. The van der Waals surface area contributed by atoms with Gasteiger partial charge in [-0.25, -0.2) is 4.79 Å². The first kappa shape index (κ1) is 24.4. The molecule has 35 heavy (non-hydrogen) atoms. The normalized spacial score (nSPS) is 41.3. The van der Waals surface area contributed by atoms with Crippen LogP contribution in [0.25, 0.3) is 0 Å². The van der Waals surface area contributed by atoms with Gasteiger partial charge in [0.2, 0.25) is 0 Å². The van der Waals surface area contributed by atoms with E-state index in [4.69, 9.17) is 14.2 Å². The summed E-state index contributed by atoms with van der Waals surface area (Å²) in [5.74, 6) is -1.19. The molecule has 8 nitrogen and oxygen atoms in total. The fourth-order valence-corrected chi connectivity index (χ4v) is 7.82. The maximum absolute atomic E-state index is 12.8. The van der Waals surface area contributed by atoms with Gasteiger partial charge in [0.05, 0.1) is 12.2 Å². The van der Waals surface area contributed by atoms with E-state index in [2.05, 4.69) is 20.8 Å². The van der Waals surface area contributed by atoms with Crippen LogP contribution in [0.4, 0.5) is 0 Å². The highest BCUT2D eigenvalue weighted by molar-refractivity contribution is 5.96. The number of aliphatic hydroxyl groups excluding tert-OH is 2. The molecule has 2 aliphatic heterocycles. The lowest BCUT2D eigenvalue weighted by Gasteiger charge is -2.65. The quantitative estimate of drug-likeness (QED) is 0.514. The van der Waals surface area contributed by atoms with E-state index in [0.717, 1.165) is 6.42 Å². The van der Waals surface area contributed by atoms with Gasteiger partial charge in [-0.05, 0) is 56.3 Å². The van der Waals surface area contributed by atoms with Gasteiger partial charge in [-0.3, -0.25) is 4.79 Å². The number of cyclic esters (lactones) is 1. The zero-order chi connectivity index (χ0) is 25.7. The van der Waals surface area contributed by atoms with Crippen molar-refractivity contribution in [3.05, 3.63) is 22.8 Å². The number of ether oxygens (including phenoxy) is 3. The molecule has 5 rings (SSSR count). The molecule has 2 saturated carbocycles. The van der Waals surface area contributed by atoms with Crippen LogP contribution in [-0.2, 0) is 20.7 Å². The van der Waals surface area contributed by atoms with Gasteiger partial charge < -0.3 is 29.5 Å². The van der Waals surface area contributed by atoms with Crippen LogP contribution < -0.4 is 4.74 Å². The molecule has 0 spiro atoms. The summed E-state index contributed by atoms with van der Waals surface area (Å²) in [5, 5.41) is 33.0. The fourth-order valence-electron chi connectivity index (χ4n) is 7.82. The van der Waals surface area contributed by atoms with Crippen molar-refractivity contribution >= 4 is 11.9 Å². The third-order valence-corrected chi connectivity index (χ3v) is 9.77. The lowest BCUT2D eigenvalue weighted by atomic mass is 9.43. The average molecular weight is 489 g/mol. The van der Waals surface area contributed by atoms with Gasteiger partial charge >= 0.3 is 11.9 Å². The second kappa shape index (κ2) is 7.59. The molecule has 192 valence electrons. The Morgan fingerprint density at radius 3 is 2.49 bits per heavy atom. The highest BCUT2D eigenvalue weighted by Gasteiger charge is 2.66. The number of esters is 2. The molecule has 4 aliphatic rings. The molecule has 2 aliphatic carbocycles. The Morgan fingerprint density at radius 2 is 1.83 bits per heavy atom. The Labute approximate surface area is 205 Å². The largest absolute Gasteiger partial charge is 0.507 e. The molecule has 0 saturated heterocycles. The molecule has 8 atom stereocenters. The number of rotatable bonds is 1. The van der Waals surface area contributed by atoms with Crippen molar-refractivity contribution in [2.75, 3.05) is 0 Å². The third kappa shape index (κ3) is 3.25. The first-order chi connectivity index (χ1) is 16.2. The Morgan fingerprint density at radius 1 is 1.14 bits per heavy atom. The van der Waals surface area contributed by atoms with Crippen LogP contribution in [0.2, 0.25) is 0 Å². The average Bonchev–Trinajstić information content (AvgIpc) is 2.75. The molecule has 1 aromatic rings.